The molecule has 214 valence electrons. The average molecular weight is 631 g/mol. The minimum atomic E-state index is -1.40. The Kier molecular flexibility index (Phi) is 9.21. The Balaban J connectivity index is 2.10. The number of alkyl carbamates (subject to hydrolysis) is 1. The number of nitrogens with one attached hydrogen (secondary N) is 1. The summed E-state index contributed by atoms with van der Waals surface area (Å²) < 4.78 is 33.1. The number of halogens is 3. The number of nitrogens with zero attached hydrogens (tertiary/aromatic N) is 4. The number of aryl methyl sites for hydroxylation is 1. The van der Waals surface area contributed by atoms with Crippen molar-refractivity contribution in [3.05, 3.63) is 45.2 Å². The van der Waals surface area contributed by atoms with Crippen molar-refractivity contribution < 1.29 is 27.9 Å². The van der Waals surface area contributed by atoms with Gasteiger partial charge in [-0.2, -0.15) is 4.98 Å². The Hall–Kier alpha value is -2.86. The van der Waals surface area contributed by atoms with E-state index in [9.17, 15) is 14.0 Å². The molecule has 1 N–H and O–H groups in total. The van der Waals surface area contributed by atoms with Crippen LogP contribution in [0, 0.1) is 6.92 Å². The fourth-order valence-corrected chi connectivity index (χ4v) is 4.69. The lowest BCUT2D eigenvalue weighted by Crippen LogP contribution is -2.44. The number of furan rings is 1. The van der Waals surface area contributed by atoms with E-state index < -0.39 is 35.6 Å². The van der Waals surface area contributed by atoms with Crippen LogP contribution in [0.2, 0.25) is 5.28 Å². The molecule has 39 heavy (non-hydrogen) atoms. The lowest BCUT2D eigenvalue weighted by molar-refractivity contribution is 0.0476. The van der Waals surface area contributed by atoms with E-state index in [4.69, 9.17) is 25.5 Å². The fourth-order valence-electron chi connectivity index (χ4n) is 3.82. The van der Waals surface area contributed by atoms with Crippen molar-refractivity contribution in [2.45, 2.75) is 91.8 Å². The third-order valence-corrected chi connectivity index (χ3v) is 6.47. The van der Waals surface area contributed by atoms with Crippen molar-refractivity contribution in [1.82, 2.24) is 19.9 Å². The molecular weight excluding hydrogens is 597 g/mol. The zero-order valence-corrected chi connectivity index (χ0v) is 25.6. The summed E-state index contributed by atoms with van der Waals surface area (Å²) in [4.78, 5) is 31.5. The number of hydrogen-bond acceptors (Lipinski definition) is 7. The molecule has 0 fully saturated rings. The summed E-state index contributed by atoms with van der Waals surface area (Å²) in [5.41, 5.74) is 0.210. The number of carbonyl (C=O) groups excluding carboxylic acids is 2. The molecule has 2 amide bonds. The van der Waals surface area contributed by atoms with Crippen LogP contribution < -0.4 is 10.2 Å². The van der Waals surface area contributed by atoms with Gasteiger partial charge < -0.3 is 19.2 Å². The minimum absolute atomic E-state index is 0.00677. The van der Waals surface area contributed by atoms with Crippen molar-refractivity contribution in [3.8, 4) is 0 Å². The molecule has 0 aliphatic heterocycles. The highest BCUT2D eigenvalue weighted by Crippen LogP contribution is 2.35. The summed E-state index contributed by atoms with van der Waals surface area (Å²) >= 11 is 9.86. The number of ether oxygens (including phenoxy) is 2. The molecule has 0 aliphatic carbocycles. The van der Waals surface area contributed by atoms with Crippen molar-refractivity contribution in [1.29, 1.82) is 0 Å². The Bertz CT molecular complexity index is 1330. The van der Waals surface area contributed by atoms with Gasteiger partial charge in [0.2, 0.25) is 5.28 Å². The van der Waals surface area contributed by atoms with E-state index in [1.54, 1.807) is 60.6 Å². The highest BCUT2D eigenvalue weighted by molar-refractivity contribution is 9.10. The second-order valence-electron chi connectivity index (χ2n) is 11.1. The summed E-state index contributed by atoms with van der Waals surface area (Å²) in [7, 11) is 0. The highest BCUT2D eigenvalue weighted by Gasteiger charge is 2.32. The van der Waals surface area contributed by atoms with Crippen LogP contribution in [0.15, 0.2) is 27.4 Å². The summed E-state index contributed by atoms with van der Waals surface area (Å²) in [6.07, 6.45) is -1.21. The molecule has 0 bridgehead atoms. The molecule has 0 unspecified atom stereocenters. The zero-order valence-electron chi connectivity index (χ0n) is 23.3. The second-order valence-corrected chi connectivity index (χ2v) is 12.2. The molecule has 0 aliphatic rings. The van der Waals surface area contributed by atoms with Gasteiger partial charge >= 0.3 is 12.2 Å². The summed E-state index contributed by atoms with van der Waals surface area (Å²) in [5, 5.41) is 6.80. The van der Waals surface area contributed by atoms with Gasteiger partial charge in [0.15, 0.2) is 5.82 Å². The molecule has 2 atom stereocenters. The maximum Gasteiger partial charge on any atom is 0.416 e. The molecule has 3 heterocycles. The topological polar surface area (TPSA) is 111 Å². The number of anilines is 1. The van der Waals surface area contributed by atoms with Gasteiger partial charge in [-0.1, -0.05) is 0 Å². The van der Waals surface area contributed by atoms with Crippen molar-refractivity contribution in [3.63, 3.8) is 0 Å². The molecular formula is C26H34BrClFN5O5. The largest absolute Gasteiger partial charge is 0.467 e. The van der Waals surface area contributed by atoms with E-state index in [1.165, 1.54) is 22.6 Å². The van der Waals surface area contributed by atoms with Crippen LogP contribution in [0.3, 0.4) is 0 Å². The van der Waals surface area contributed by atoms with Crippen LogP contribution in [0.1, 0.15) is 65.4 Å². The van der Waals surface area contributed by atoms with E-state index in [0.717, 1.165) is 0 Å². The van der Waals surface area contributed by atoms with E-state index >= 15 is 0 Å². The lowest BCUT2D eigenvalue weighted by atomic mass is 10.0. The molecule has 13 heteroatoms. The van der Waals surface area contributed by atoms with Crippen LogP contribution in [0.25, 0.3) is 5.52 Å². The van der Waals surface area contributed by atoms with Crippen LogP contribution in [0.5, 0.6) is 0 Å². The van der Waals surface area contributed by atoms with Crippen LogP contribution in [-0.2, 0) is 22.4 Å². The molecule has 0 saturated carbocycles. The molecule has 0 saturated heterocycles. The number of aromatic nitrogens is 3. The van der Waals surface area contributed by atoms with Gasteiger partial charge in [0.1, 0.15) is 33.3 Å². The van der Waals surface area contributed by atoms with E-state index in [2.05, 4.69) is 31.3 Å². The van der Waals surface area contributed by atoms with Crippen molar-refractivity contribution in [2.24, 2.45) is 0 Å². The monoisotopic (exact) mass is 629 g/mol. The Morgan fingerprint density at radius 1 is 1.23 bits per heavy atom. The van der Waals surface area contributed by atoms with Gasteiger partial charge in [0, 0.05) is 0 Å². The smallest absolute Gasteiger partial charge is 0.416 e. The normalized spacial score (nSPS) is 13.7. The Morgan fingerprint density at radius 2 is 1.87 bits per heavy atom. The number of hydrogen-bond donors (Lipinski definition) is 1. The maximum absolute atomic E-state index is 14.7. The third-order valence-electron chi connectivity index (χ3n) is 5.49. The van der Waals surface area contributed by atoms with Crippen molar-refractivity contribution >= 4 is 51.1 Å². The second kappa shape index (κ2) is 11.7. The number of amides is 2. The molecule has 0 aromatic carbocycles. The van der Waals surface area contributed by atoms with Crippen LogP contribution in [-0.4, -0.2) is 50.2 Å². The fraction of sp³-hybridized carbons (Fsp3) is 0.538. The minimum Gasteiger partial charge on any atom is -0.467 e. The van der Waals surface area contributed by atoms with Gasteiger partial charge in [-0.3, -0.25) is 4.90 Å². The number of alkyl halides is 1. The predicted molar refractivity (Wildman–Crippen MR) is 149 cm³/mol. The summed E-state index contributed by atoms with van der Waals surface area (Å²) in [6, 6.07) is 2.52. The molecule has 3 aromatic rings. The van der Waals surface area contributed by atoms with Gasteiger partial charge in [-0.05, 0) is 113 Å². The van der Waals surface area contributed by atoms with Gasteiger partial charge in [-0.25, -0.2) is 18.5 Å². The number of fused-ring (bicyclic) bond motifs is 1. The lowest BCUT2D eigenvalue weighted by Gasteiger charge is -2.26. The molecule has 10 nitrogen and oxygen atoms in total. The maximum atomic E-state index is 14.7. The standard InChI is InChI=1S/C26H34BrClFN5O5/c1-14-17(12-18(15(2)29)30-23(35)38-25(3,4)5)20(27)34-19(14)21(31-22(28)32-34)33(13-16-10-9-11-37-16)24(36)39-26(6,7)8/h9-11,15,18H,12-13H2,1-8H3,(H,30,35)/t15-,18+/m0/s1. The molecule has 0 radical (unpaired) electrons. The number of rotatable bonds is 7. The number of carbonyl (C=O) groups is 2. The summed E-state index contributed by atoms with van der Waals surface area (Å²) in [6.45, 7) is 13.6. The van der Waals surface area contributed by atoms with E-state index in [-0.39, 0.29) is 24.1 Å². The van der Waals surface area contributed by atoms with Crippen LogP contribution >= 0.6 is 27.5 Å². The first-order valence-electron chi connectivity index (χ1n) is 12.4. The Morgan fingerprint density at radius 3 is 2.41 bits per heavy atom. The van der Waals surface area contributed by atoms with Gasteiger partial charge in [0.25, 0.3) is 0 Å². The van der Waals surface area contributed by atoms with E-state index in [1.807, 2.05) is 0 Å². The first-order chi connectivity index (χ1) is 18.0. The average Bonchev–Trinajstić information content (AvgIpc) is 3.36. The SMILES string of the molecule is Cc1c(C[C@@H](NC(=O)OC(C)(C)C)[C@H](C)F)c(Br)n2nc(Cl)nc(N(Cc3ccco3)C(=O)OC(C)(C)C)c12. The predicted octanol–water partition coefficient (Wildman–Crippen LogP) is 6.78. The molecule has 0 spiro atoms. The first-order valence-corrected chi connectivity index (χ1v) is 13.5. The third kappa shape index (κ3) is 7.84. The quantitative estimate of drug-likeness (QED) is 0.306. The van der Waals surface area contributed by atoms with Crippen LogP contribution in [0.4, 0.5) is 19.8 Å². The van der Waals surface area contributed by atoms with Gasteiger partial charge in [-0.15, -0.1) is 5.10 Å². The van der Waals surface area contributed by atoms with Crippen molar-refractivity contribution in [2.75, 3.05) is 4.90 Å². The van der Waals surface area contributed by atoms with Gasteiger partial charge in [0.05, 0.1) is 18.8 Å². The Labute approximate surface area is 240 Å². The van der Waals surface area contributed by atoms with E-state index in [0.29, 0.717) is 27.0 Å². The zero-order chi connectivity index (χ0) is 29.3. The first kappa shape index (κ1) is 30.7. The molecule has 3 aromatic heterocycles. The highest BCUT2D eigenvalue weighted by atomic mass is 79.9. The molecule has 3 rings (SSSR count). The summed E-state index contributed by atoms with van der Waals surface area (Å²) in [5.74, 6) is 0.667.